The minimum absolute atomic E-state index is 0.129. The van der Waals surface area contributed by atoms with E-state index in [1.807, 2.05) is 6.92 Å². The molecule has 5 heteroatoms. The van der Waals surface area contributed by atoms with E-state index in [-0.39, 0.29) is 12.4 Å². The van der Waals surface area contributed by atoms with E-state index in [0.29, 0.717) is 5.56 Å². The van der Waals surface area contributed by atoms with Gasteiger partial charge in [-0.25, -0.2) is 17.5 Å². The molecule has 0 amide bonds. The summed E-state index contributed by atoms with van der Waals surface area (Å²) in [5.41, 5.74) is 1.50. The maximum absolute atomic E-state index is 13.1. The van der Waals surface area contributed by atoms with Crippen LogP contribution in [0, 0.1) is 5.82 Å². The van der Waals surface area contributed by atoms with Crippen LogP contribution in [0.5, 0.6) is 0 Å². The van der Waals surface area contributed by atoms with E-state index in [0.717, 1.165) is 18.2 Å². The molecule has 0 saturated carbocycles. The topological polar surface area (TPSA) is 46.2 Å². The van der Waals surface area contributed by atoms with Gasteiger partial charge >= 0.3 is 0 Å². The lowest BCUT2D eigenvalue weighted by Gasteiger charge is -2.05. The predicted molar refractivity (Wildman–Crippen MR) is 57.5 cm³/mol. The van der Waals surface area contributed by atoms with Crippen LogP contribution in [0.3, 0.4) is 0 Å². The lowest BCUT2D eigenvalue weighted by molar-refractivity contribution is 0.586. The molecule has 0 spiro atoms. The van der Waals surface area contributed by atoms with Crippen LogP contribution >= 0.6 is 0 Å². The van der Waals surface area contributed by atoms with Crippen molar-refractivity contribution in [2.45, 2.75) is 19.9 Å². The van der Waals surface area contributed by atoms with Gasteiger partial charge in [-0.15, -0.1) is 0 Å². The molecule has 0 aliphatic rings. The second-order valence-electron chi connectivity index (χ2n) is 3.41. The van der Waals surface area contributed by atoms with Crippen LogP contribution in [0.2, 0.25) is 0 Å². The van der Waals surface area contributed by atoms with Gasteiger partial charge in [-0.05, 0) is 29.7 Å². The van der Waals surface area contributed by atoms with Crippen LogP contribution in [-0.4, -0.2) is 14.7 Å². The third-order valence-corrected chi connectivity index (χ3v) is 2.63. The van der Waals surface area contributed by atoms with Crippen LogP contribution < -0.4 is 4.72 Å². The average Bonchev–Trinajstić information content (AvgIpc) is 2.13. The smallest absolute Gasteiger partial charge is 0.209 e. The Morgan fingerprint density at radius 1 is 1.27 bits per heavy atom. The summed E-state index contributed by atoms with van der Waals surface area (Å²) in [5, 5.41) is 0. The standard InChI is InChI=1S/C10H14FNO2S/c1-3-8-4-9(6-10(11)5-8)7-12-15(2,13)14/h4-6,12H,3,7H2,1-2H3. The van der Waals surface area contributed by atoms with E-state index in [1.165, 1.54) is 12.1 Å². The number of rotatable bonds is 4. The summed E-state index contributed by atoms with van der Waals surface area (Å²) in [4.78, 5) is 0. The Kier molecular flexibility index (Phi) is 3.82. The van der Waals surface area contributed by atoms with Crippen molar-refractivity contribution in [2.75, 3.05) is 6.26 Å². The number of sulfonamides is 1. The molecule has 0 heterocycles. The Balaban J connectivity index is 2.81. The van der Waals surface area contributed by atoms with E-state index >= 15 is 0 Å². The fourth-order valence-corrected chi connectivity index (χ4v) is 1.67. The molecule has 1 aromatic carbocycles. The zero-order valence-electron chi connectivity index (χ0n) is 8.75. The Bertz CT molecular complexity index is 443. The van der Waals surface area contributed by atoms with Crippen molar-refractivity contribution in [1.29, 1.82) is 0 Å². The molecule has 3 nitrogen and oxygen atoms in total. The molecular formula is C10H14FNO2S. The van der Waals surface area contributed by atoms with Gasteiger partial charge < -0.3 is 0 Å². The summed E-state index contributed by atoms with van der Waals surface area (Å²) in [6.07, 6.45) is 1.80. The molecule has 0 bridgehead atoms. The number of benzene rings is 1. The minimum atomic E-state index is -3.23. The molecule has 1 aromatic rings. The molecule has 0 unspecified atom stereocenters. The largest absolute Gasteiger partial charge is 0.213 e. The molecule has 0 radical (unpaired) electrons. The van der Waals surface area contributed by atoms with E-state index < -0.39 is 10.0 Å². The highest BCUT2D eigenvalue weighted by atomic mass is 32.2. The summed E-state index contributed by atoms with van der Waals surface area (Å²) in [6, 6.07) is 4.57. The zero-order chi connectivity index (χ0) is 11.5. The molecule has 15 heavy (non-hydrogen) atoms. The quantitative estimate of drug-likeness (QED) is 0.852. The van der Waals surface area contributed by atoms with E-state index in [2.05, 4.69) is 4.72 Å². The molecular weight excluding hydrogens is 217 g/mol. The van der Waals surface area contributed by atoms with Gasteiger partial charge in [0.05, 0.1) is 6.26 Å². The molecule has 0 saturated heterocycles. The van der Waals surface area contributed by atoms with Crippen molar-refractivity contribution in [3.05, 3.63) is 35.1 Å². The van der Waals surface area contributed by atoms with Gasteiger partial charge in [0.15, 0.2) is 0 Å². The lowest BCUT2D eigenvalue weighted by Crippen LogP contribution is -2.21. The monoisotopic (exact) mass is 231 g/mol. The SMILES string of the molecule is CCc1cc(F)cc(CNS(C)(=O)=O)c1. The fourth-order valence-electron chi connectivity index (χ4n) is 1.24. The third kappa shape index (κ3) is 4.40. The van der Waals surface area contributed by atoms with Crippen molar-refractivity contribution in [2.24, 2.45) is 0 Å². The number of hydrogen-bond acceptors (Lipinski definition) is 2. The van der Waals surface area contributed by atoms with Crippen molar-refractivity contribution in [3.63, 3.8) is 0 Å². The minimum Gasteiger partial charge on any atom is -0.213 e. The van der Waals surface area contributed by atoms with Crippen molar-refractivity contribution in [1.82, 2.24) is 4.72 Å². The number of halogens is 1. The van der Waals surface area contributed by atoms with Gasteiger partial charge in [0, 0.05) is 6.54 Å². The van der Waals surface area contributed by atoms with Gasteiger partial charge in [-0.1, -0.05) is 13.0 Å². The zero-order valence-corrected chi connectivity index (χ0v) is 9.57. The molecule has 0 aliphatic carbocycles. The summed E-state index contributed by atoms with van der Waals surface area (Å²) in [5.74, 6) is -0.334. The van der Waals surface area contributed by atoms with Crippen molar-refractivity contribution < 1.29 is 12.8 Å². The molecule has 0 aliphatic heterocycles. The first-order valence-corrected chi connectivity index (χ1v) is 6.53. The maximum atomic E-state index is 13.1. The van der Waals surface area contributed by atoms with Crippen LogP contribution in [0.15, 0.2) is 18.2 Å². The summed E-state index contributed by atoms with van der Waals surface area (Å²) in [6.45, 7) is 2.05. The van der Waals surface area contributed by atoms with Crippen molar-refractivity contribution >= 4 is 10.0 Å². The second kappa shape index (κ2) is 4.72. The average molecular weight is 231 g/mol. The lowest BCUT2D eigenvalue weighted by atomic mass is 10.1. The second-order valence-corrected chi connectivity index (χ2v) is 5.25. The van der Waals surface area contributed by atoms with Crippen molar-refractivity contribution in [3.8, 4) is 0 Å². The maximum Gasteiger partial charge on any atom is 0.209 e. The van der Waals surface area contributed by atoms with Gasteiger partial charge in [0.2, 0.25) is 10.0 Å². The van der Waals surface area contributed by atoms with Crippen LogP contribution in [0.1, 0.15) is 18.1 Å². The highest BCUT2D eigenvalue weighted by Crippen LogP contribution is 2.09. The first kappa shape index (κ1) is 12.1. The Morgan fingerprint density at radius 3 is 2.40 bits per heavy atom. The fraction of sp³-hybridized carbons (Fsp3) is 0.400. The Morgan fingerprint density at radius 2 is 1.87 bits per heavy atom. The van der Waals surface area contributed by atoms with Crippen LogP contribution in [0.25, 0.3) is 0 Å². The van der Waals surface area contributed by atoms with Crippen LogP contribution in [-0.2, 0) is 23.0 Å². The van der Waals surface area contributed by atoms with Crippen LogP contribution in [0.4, 0.5) is 4.39 Å². The third-order valence-electron chi connectivity index (χ3n) is 1.96. The molecule has 0 fully saturated rings. The Hall–Kier alpha value is -0.940. The first-order chi connectivity index (χ1) is 6.90. The number of aryl methyl sites for hydroxylation is 1. The number of nitrogens with one attached hydrogen (secondary N) is 1. The highest BCUT2D eigenvalue weighted by molar-refractivity contribution is 7.88. The molecule has 0 atom stereocenters. The van der Waals surface area contributed by atoms with E-state index in [1.54, 1.807) is 6.07 Å². The first-order valence-electron chi connectivity index (χ1n) is 4.63. The summed E-state index contributed by atoms with van der Waals surface area (Å²) >= 11 is 0. The van der Waals surface area contributed by atoms with Gasteiger partial charge in [0.1, 0.15) is 5.82 Å². The van der Waals surface area contributed by atoms with Gasteiger partial charge in [-0.2, -0.15) is 0 Å². The predicted octanol–water partition coefficient (Wildman–Crippen LogP) is 1.44. The summed E-state index contributed by atoms with van der Waals surface area (Å²) in [7, 11) is -3.23. The molecule has 84 valence electrons. The molecule has 1 N–H and O–H groups in total. The highest BCUT2D eigenvalue weighted by Gasteiger charge is 2.03. The Labute approximate surface area is 89.4 Å². The normalized spacial score (nSPS) is 11.7. The van der Waals surface area contributed by atoms with Gasteiger partial charge in [0.25, 0.3) is 0 Å². The molecule has 0 aromatic heterocycles. The number of hydrogen-bond donors (Lipinski definition) is 1. The molecule has 1 rings (SSSR count). The summed E-state index contributed by atoms with van der Waals surface area (Å²) < 4.78 is 37.1. The van der Waals surface area contributed by atoms with E-state index in [9.17, 15) is 12.8 Å². The van der Waals surface area contributed by atoms with Gasteiger partial charge in [-0.3, -0.25) is 0 Å². The van der Waals surface area contributed by atoms with E-state index in [4.69, 9.17) is 0 Å².